The highest BCUT2D eigenvalue weighted by molar-refractivity contribution is 7.17. The van der Waals surface area contributed by atoms with Gasteiger partial charge in [0.15, 0.2) is 5.13 Å². The third kappa shape index (κ3) is 2.99. The summed E-state index contributed by atoms with van der Waals surface area (Å²) in [5, 5.41) is 0.632. The molecule has 1 aliphatic heterocycles. The number of anilines is 1. The minimum Gasteiger partial charge on any atom is -0.398 e. The number of hydrogen-bond acceptors (Lipinski definition) is 4. The molecule has 0 saturated carbocycles. The lowest BCUT2D eigenvalue weighted by atomic mass is 10.2. The number of carbonyl (C=O) groups is 1. The fraction of sp³-hybridized carbons (Fsp3) is 0.294. The van der Waals surface area contributed by atoms with Gasteiger partial charge in [0, 0.05) is 18.3 Å². The van der Waals surface area contributed by atoms with Gasteiger partial charge in [-0.25, -0.2) is 14.2 Å². The molecule has 2 N–H and O–H groups in total. The summed E-state index contributed by atoms with van der Waals surface area (Å²) < 4.78 is 13.0. The number of thiazole rings is 1. The van der Waals surface area contributed by atoms with Gasteiger partial charge in [-0.15, -0.1) is 0 Å². The van der Waals surface area contributed by atoms with E-state index in [0.29, 0.717) is 23.9 Å². The van der Waals surface area contributed by atoms with E-state index in [1.807, 2.05) is 13.8 Å². The number of hydrogen-bond donors (Lipinski definition) is 1. The number of nitrogens with two attached hydrogens (primary N) is 1. The summed E-state index contributed by atoms with van der Waals surface area (Å²) >= 11 is 1.37. The Morgan fingerprint density at radius 1 is 1.46 bits per heavy atom. The summed E-state index contributed by atoms with van der Waals surface area (Å²) in [7, 11) is 0. The van der Waals surface area contributed by atoms with Gasteiger partial charge in [-0.3, -0.25) is 4.90 Å². The van der Waals surface area contributed by atoms with Gasteiger partial charge < -0.3 is 10.6 Å². The molecule has 0 spiro atoms. The number of urea groups is 1. The van der Waals surface area contributed by atoms with Crippen molar-refractivity contribution in [1.82, 2.24) is 9.88 Å². The van der Waals surface area contributed by atoms with Crippen molar-refractivity contribution in [3.63, 3.8) is 0 Å². The fourth-order valence-corrected chi connectivity index (χ4v) is 3.70. The lowest BCUT2D eigenvalue weighted by molar-refractivity contribution is 0.206. The van der Waals surface area contributed by atoms with Crippen molar-refractivity contribution in [1.29, 1.82) is 0 Å². The van der Waals surface area contributed by atoms with E-state index in [1.54, 1.807) is 21.9 Å². The molecular weight excluding hydrogens is 327 g/mol. The first-order valence-corrected chi connectivity index (χ1v) is 8.43. The maximum Gasteiger partial charge on any atom is 0.326 e. The van der Waals surface area contributed by atoms with E-state index in [4.69, 9.17) is 5.73 Å². The number of aryl methyl sites for hydroxylation is 1. The topological polar surface area (TPSA) is 62.5 Å². The van der Waals surface area contributed by atoms with Crippen molar-refractivity contribution in [3.8, 4) is 0 Å². The molecule has 0 bridgehead atoms. The van der Waals surface area contributed by atoms with Crippen molar-refractivity contribution in [2.45, 2.75) is 26.4 Å². The van der Waals surface area contributed by atoms with Gasteiger partial charge in [-0.1, -0.05) is 30.0 Å². The number of carbonyl (C=O) groups excluding carboxylic acids is 1. The minimum absolute atomic E-state index is 0.0382. The minimum atomic E-state index is -0.283. The van der Waals surface area contributed by atoms with Gasteiger partial charge in [-0.05, 0) is 31.5 Å². The van der Waals surface area contributed by atoms with Gasteiger partial charge in [-0.2, -0.15) is 0 Å². The summed E-state index contributed by atoms with van der Waals surface area (Å²) in [5.74, 6) is -0.283. The second-order valence-corrected chi connectivity index (χ2v) is 6.91. The number of halogens is 1. The van der Waals surface area contributed by atoms with Gasteiger partial charge in [0.1, 0.15) is 5.82 Å². The molecule has 1 aliphatic rings. The molecule has 1 aromatic heterocycles. The Bertz CT molecular complexity index is 786. The molecule has 2 amide bonds. The van der Waals surface area contributed by atoms with Crippen molar-refractivity contribution < 1.29 is 9.18 Å². The molecule has 1 fully saturated rings. The average Bonchev–Trinajstić information content (AvgIpc) is 3.04. The Hall–Kier alpha value is -2.41. The highest BCUT2D eigenvalue weighted by Crippen LogP contribution is 2.32. The number of benzene rings is 1. The van der Waals surface area contributed by atoms with Gasteiger partial charge in [0.05, 0.1) is 17.1 Å². The monoisotopic (exact) mass is 346 g/mol. The molecule has 5 nitrogen and oxygen atoms in total. The van der Waals surface area contributed by atoms with E-state index in [9.17, 15) is 9.18 Å². The Labute approximate surface area is 144 Å². The van der Waals surface area contributed by atoms with E-state index in [1.165, 1.54) is 23.5 Å². The van der Waals surface area contributed by atoms with Crippen LogP contribution in [0.25, 0.3) is 5.70 Å². The first kappa shape index (κ1) is 16.4. The summed E-state index contributed by atoms with van der Waals surface area (Å²) in [5.41, 5.74) is 7.89. The van der Waals surface area contributed by atoms with E-state index >= 15 is 0 Å². The molecule has 24 heavy (non-hydrogen) atoms. The molecule has 7 heteroatoms. The van der Waals surface area contributed by atoms with Gasteiger partial charge in [0.25, 0.3) is 0 Å². The molecule has 2 aromatic rings. The number of rotatable bonds is 4. The predicted molar refractivity (Wildman–Crippen MR) is 94.2 cm³/mol. The van der Waals surface area contributed by atoms with Gasteiger partial charge >= 0.3 is 6.03 Å². The summed E-state index contributed by atoms with van der Waals surface area (Å²) in [6, 6.07) is 6.14. The smallest absolute Gasteiger partial charge is 0.326 e. The summed E-state index contributed by atoms with van der Waals surface area (Å²) in [6.07, 6.45) is 0. The standard InChI is InChI=1S/C17H19FN4OS/c1-10-8-22(16-20-12(3)15(24-16)11(2)19)17(23)21(10)9-13-4-6-14(18)7-5-13/h4-7,10H,2,8-9,19H2,1,3H3/t10-/m1/s1. The van der Waals surface area contributed by atoms with Crippen LogP contribution in [0, 0.1) is 12.7 Å². The maximum absolute atomic E-state index is 13.0. The van der Waals surface area contributed by atoms with Crippen LogP contribution >= 0.6 is 11.3 Å². The van der Waals surface area contributed by atoms with Crippen LogP contribution in [0.1, 0.15) is 23.1 Å². The fourth-order valence-electron chi connectivity index (χ4n) is 2.75. The van der Waals surface area contributed by atoms with Gasteiger partial charge in [0.2, 0.25) is 0 Å². The Kier molecular flexibility index (Phi) is 4.28. The maximum atomic E-state index is 13.0. The molecule has 0 aliphatic carbocycles. The Morgan fingerprint density at radius 2 is 2.12 bits per heavy atom. The molecule has 126 valence electrons. The first-order chi connectivity index (χ1) is 11.4. The zero-order valence-corrected chi connectivity index (χ0v) is 14.4. The summed E-state index contributed by atoms with van der Waals surface area (Å²) in [4.78, 5) is 21.5. The lowest BCUT2D eigenvalue weighted by Crippen LogP contribution is -2.33. The summed E-state index contributed by atoms with van der Waals surface area (Å²) in [6.45, 7) is 8.59. The van der Waals surface area contributed by atoms with Crippen molar-refractivity contribution in [2.75, 3.05) is 11.4 Å². The van der Waals surface area contributed by atoms with Crippen LogP contribution in [0.3, 0.4) is 0 Å². The van der Waals surface area contributed by atoms with Crippen LogP contribution in [-0.2, 0) is 6.54 Å². The first-order valence-electron chi connectivity index (χ1n) is 7.61. The molecule has 2 heterocycles. The van der Waals surface area contributed by atoms with Crippen LogP contribution in [0.4, 0.5) is 14.3 Å². The average molecular weight is 346 g/mol. The highest BCUT2D eigenvalue weighted by Gasteiger charge is 2.37. The van der Waals surface area contributed by atoms with Crippen LogP contribution in [0.15, 0.2) is 30.8 Å². The molecule has 1 aromatic carbocycles. The normalized spacial score (nSPS) is 17.6. The predicted octanol–water partition coefficient (Wildman–Crippen LogP) is 3.35. The Morgan fingerprint density at radius 3 is 2.71 bits per heavy atom. The van der Waals surface area contributed by atoms with Crippen molar-refractivity contribution in [3.05, 3.63) is 52.8 Å². The SMILES string of the molecule is C=C(N)c1sc(N2C[C@@H](C)N(Cc3ccc(F)cc3)C2=O)nc1C. The van der Waals surface area contributed by atoms with Crippen LogP contribution in [-0.4, -0.2) is 28.5 Å². The molecule has 0 unspecified atom stereocenters. The number of amides is 2. The zero-order valence-electron chi connectivity index (χ0n) is 13.6. The molecule has 1 atom stereocenters. The second kappa shape index (κ2) is 6.24. The lowest BCUT2D eigenvalue weighted by Gasteiger charge is -2.20. The molecule has 1 saturated heterocycles. The second-order valence-electron chi connectivity index (χ2n) is 5.93. The third-order valence-corrected chi connectivity index (χ3v) is 5.29. The quantitative estimate of drug-likeness (QED) is 0.923. The number of nitrogens with zero attached hydrogens (tertiary/aromatic N) is 3. The van der Waals surface area contributed by atoms with E-state index in [0.717, 1.165) is 16.1 Å². The van der Waals surface area contributed by atoms with Crippen LogP contribution in [0.5, 0.6) is 0 Å². The molecular formula is C17H19FN4OS. The van der Waals surface area contributed by atoms with Crippen molar-refractivity contribution in [2.24, 2.45) is 5.73 Å². The largest absolute Gasteiger partial charge is 0.398 e. The third-order valence-electron chi connectivity index (χ3n) is 4.03. The van der Waals surface area contributed by atoms with E-state index in [-0.39, 0.29) is 17.9 Å². The van der Waals surface area contributed by atoms with E-state index in [2.05, 4.69) is 11.6 Å². The van der Waals surface area contributed by atoms with Crippen molar-refractivity contribution >= 4 is 28.2 Å². The highest BCUT2D eigenvalue weighted by atomic mass is 32.1. The molecule has 0 radical (unpaired) electrons. The molecule has 3 rings (SSSR count). The van der Waals surface area contributed by atoms with Crippen LogP contribution in [0.2, 0.25) is 0 Å². The zero-order chi connectivity index (χ0) is 17.4. The van der Waals surface area contributed by atoms with E-state index < -0.39 is 0 Å². The number of aromatic nitrogens is 1. The van der Waals surface area contributed by atoms with Crippen LogP contribution < -0.4 is 10.6 Å². The Balaban J connectivity index is 1.81.